The Morgan fingerprint density at radius 2 is 2.23 bits per heavy atom. The Bertz CT molecular complexity index is 111. The average molecular weight is 185 g/mol. The minimum absolute atomic E-state index is 0.544. The second-order valence-electron chi connectivity index (χ2n) is 3.88. The molecule has 1 N–H and O–H groups in total. The van der Waals surface area contributed by atoms with E-state index in [0.717, 1.165) is 13.2 Å². The van der Waals surface area contributed by atoms with Crippen LogP contribution in [0.2, 0.25) is 0 Å². The van der Waals surface area contributed by atoms with Gasteiger partial charge in [0, 0.05) is 6.61 Å². The van der Waals surface area contributed by atoms with Crippen molar-refractivity contribution in [3.05, 3.63) is 0 Å². The summed E-state index contributed by atoms with van der Waals surface area (Å²) in [4.78, 5) is 0. The lowest BCUT2D eigenvalue weighted by molar-refractivity contribution is 0.0116. The number of rotatable bonds is 6. The zero-order valence-electron chi connectivity index (χ0n) is 8.85. The lowest BCUT2D eigenvalue weighted by Crippen LogP contribution is -2.25. The van der Waals surface area contributed by atoms with Gasteiger partial charge in [-0.1, -0.05) is 13.3 Å². The van der Waals surface area contributed by atoms with E-state index in [1.54, 1.807) is 0 Å². The molecule has 2 nitrogen and oxygen atoms in total. The molecule has 1 aliphatic rings. The number of nitrogens with one attached hydrogen (secondary N) is 1. The maximum absolute atomic E-state index is 5.64. The Balaban J connectivity index is 1.86. The van der Waals surface area contributed by atoms with Crippen molar-refractivity contribution in [1.82, 2.24) is 5.32 Å². The smallest absolute Gasteiger partial charge is 0.0587 e. The Labute approximate surface area is 82.0 Å². The molecule has 1 atom stereocenters. The molecule has 0 aromatic carbocycles. The van der Waals surface area contributed by atoms with Gasteiger partial charge in [0.25, 0.3) is 0 Å². The molecule has 0 aromatic heterocycles. The summed E-state index contributed by atoms with van der Waals surface area (Å²) >= 11 is 0. The SMILES string of the molecule is CCCCNCCC1CCCCO1. The van der Waals surface area contributed by atoms with Gasteiger partial charge in [-0.2, -0.15) is 0 Å². The summed E-state index contributed by atoms with van der Waals surface area (Å²) in [6.07, 6.45) is 8.22. The highest BCUT2D eigenvalue weighted by molar-refractivity contribution is 4.64. The lowest BCUT2D eigenvalue weighted by Gasteiger charge is -2.22. The van der Waals surface area contributed by atoms with E-state index in [1.807, 2.05) is 0 Å². The summed E-state index contributed by atoms with van der Waals surface area (Å²) in [6.45, 7) is 5.51. The van der Waals surface area contributed by atoms with Crippen LogP contribution in [0.3, 0.4) is 0 Å². The third-order valence-electron chi connectivity index (χ3n) is 2.62. The number of unbranched alkanes of at least 4 members (excludes halogenated alkanes) is 1. The summed E-state index contributed by atoms with van der Waals surface area (Å²) in [6, 6.07) is 0. The first kappa shape index (κ1) is 11.0. The van der Waals surface area contributed by atoms with Crippen LogP contribution in [0, 0.1) is 0 Å². The minimum Gasteiger partial charge on any atom is -0.378 e. The van der Waals surface area contributed by atoms with E-state index in [2.05, 4.69) is 12.2 Å². The van der Waals surface area contributed by atoms with Crippen LogP contribution in [0.15, 0.2) is 0 Å². The summed E-state index contributed by atoms with van der Waals surface area (Å²) in [5.41, 5.74) is 0. The van der Waals surface area contributed by atoms with Gasteiger partial charge in [-0.05, 0) is 45.2 Å². The normalized spacial score (nSPS) is 23.3. The first-order valence-corrected chi connectivity index (χ1v) is 5.76. The minimum atomic E-state index is 0.544. The zero-order chi connectivity index (χ0) is 9.36. The predicted octanol–water partition coefficient (Wildman–Crippen LogP) is 2.34. The maximum atomic E-state index is 5.64. The van der Waals surface area contributed by atoms with Crippen LogP contribution in [0.5, 0.6) is 0 Å². The molecule has 13 heavy (non-hydrogen) atoms. The van der Waals surface area contributed by atoms with Crippen LogP contribution in [0.4, 0.5) is 0 Å². The third-order valence-corrected chi connectivity index (χ3v) is 2.62. The molecule has 0 amide bonds. The molecular weight excluding hydrogens is 162 g/mol. The van der Waals surface area contributed by atoms with Gasteiger partial charge in [-0.15, -0.1) is 0 Å². The number of hydrogen-bond donors (Lipinski definition) is 1. The van der Waals surface area contributed by atoms with Crippen LogP contribution >= 0.6 is 0 Å². The average Bonchev–Trinajstić information content (AvgIpc) is 2.19. The quantitative estimate of drug-likeness (QED) is 0.641. The molecule has 1 fully saturated rings. The molecule has 0 radical (unpaired) electrons. The van der Waals surface area contributed by atoms with Crippen molar-refractivity contribution in [3.8, 4) is 0 Å². The standard InChI is InChI=1S/C11H23NO/c1-2-3-8-12-9-7-11-6-4-5-10-13-11/h11-12H,2-10H2,1H3. The predicted molar refractivity (Wildman–Crippen MR) is 56.0 cm³/mol. The van der Waals surface area contributed by atoms with E-state index in [9.17, 15) is 0 Å². The lowest BCUT2D eigenvalue weighted by atomic mass is 10.1. The van der Waals surface area contributed by atoms with Gasteiger partial charge in [-0.25, -0.2) is 0 Å². The summed E-state index contributed by atoms with van der Waals surface area (Å²) < 4.78 is 5.64. The number of ether oxygens (including phenoxy) is 1. The van der Waals surface area contributed by atoms with Crippen molar-refractivity contribution in [2.45, 2.75) is 51.6 Å². The fraction of sp³-hybridized carbons (Fsp3) is 1.00. The zero-order valence-corrected chi connectivity index (χ0v) is 8.85. The monoisotopic (exact) mass is 185 g/mol. The molecule has 1 saturated heterocycles. The van der Waals surface area contributed by atoms with Crippen molar-refractivity contribution >= 4 is 0 Å². The molecular formula is C11H23NO. The Morgan fingerprint density at radius 3 is 2.92 bits per heavy atom. The van der Waals surface area contributed by atoms with E-state index in [-0.39, 0.29) is 0 Å². The molecule has 1 rings (SSSR count). The highest BCUT2D eigenvalue weighted by Gasteiger charge is 2.12. The molecule has 1 unspecified atom stereocenters. The van der Waals surface area contributed by atoms with Gasteiger partial charge >= 0.3 is 0 Å². The van der Waals surface area contributed by atoms with E-state index >= 15 is 0 Å². The molecule has 2 heteroatoms. The van der Waals surface area contributed by atoms with Crippen molar-refractivity contribution < 1.29 is 4.74 Å². The molecule has 0 saturated carbocycles. The van der Waals surface area contributed by atoms with E-state index in [1.165, 1.54) is 45.1 Å². The third kappa shape index (κ3) is 5.27. The van der Waals surface area contributed by atoms with Crippen molar-refractivity contribution in [3.63, 3.8) is 0 Å². The molecule has 1 aliphatic heterocycles. The fourth-order valence-corrected chi connectivity index (χ4v) is 1.72. The Kier molecular flexibility index (Phi) is 6.21. The van der Waals surface area contributed by atoms with Crippen LogP contribution in [0.25, 0.3) is 0 Å². The second-order valence-corrected chi connectivity index (χ2v) is 3.88. The van der Waals surface area contributed by atoms with E-state index in [0.29, 0.717) is 6.10 Å². The highest BCUT2D eigenvalue weighted by Crippen LogP contribution is 2.14. The van der Waals surface area contributed by atoms with Crippen molar-refractivity contribution in [2.75, 3.05) is 19.7 Å². The summed E-state index contributed by atoms with van der Waals surface area (Å²) in [5.74, 6) is 0. The summed E-state index contributed by atoms with van der Waals surface area (Å²) in [7, 11) is 0. The van der Waals surface area contributed by atoms with Gasteiger partial charge in [0.15, 0.2) is 0 Å². The second kappa shape index (κ2) is 7.34. The molecule has 0 bridgehead atoms. The fourth-order valence-electron chi connectivity index (χ4n) is 1.72. The van der Waals surface area contributed by atoms with Crippen LogP contribution in [0.1, 0.15) is 45.4 Å². The Hall–Kier alpha value is -0.0800. The van der Waals surface area contributed by atoms with Crippen LogP contribution < -0.4 is 5.32 Å². The molecule has 78 valence electrons. The van der Waals surface area contributed by atoms with Gasteiger partial charge in [-0.3, -0.25) is 0 Å². The number of hydrogen-bond acceptors (Lipinski definition) is 2. The van der Waals surface area contributed by atoms with Crippen molar-refractivity contribution in [1.29, 1.82) is 0 Å². The molecule has 0 aromatic rings. The highest BCUT2D eigenvalue weighted by atomic mass is 16.5. The first-order valence-electron chi connectivity index (χ1n) is 5.76. The topological polar surface area (TPSA) is 21.3 Å². The molecule has 0 spiro atoms. The van der Waals surface area contributed by atoms with Crippen molar-refractivity contribution in [2.24, 2.45) is 0 Å². The maximum Gasteiger partial charge on any atom is 0.0587 e. The van der Waals surface area contributed by atoms with Gasteiger partial charge < -0.3 is 10.1 Å². The first-order chi connectivity index (χ1) is 6.43. The van der Waals surface area contributed by atoms with Gasteiger partial charge in [0.2, 0.25) is 0 Å². The van der Waals surface area contributed by atoms with E-state index in [4.69, 9.17) is 4.74 Å². The molecule has 0 aliphatic carbocycles. The summed E-state index contributed by atoms with van der Waals surface area (Å²) in [5, 5.41) is 3.45. The van der Waals surface area contributed by atoms with E-state index < -0.39 is 0 Å². The molecule has 1 heterocycles. The van der Waals surface area contributed by atoms with Gasteiger partial charge in [0.1, 0.15) is 0 Å². The van der Waals surface area contributed by atoms with Crippen LogP contribution in [-0.4, -0.2) is 25.8 Å². The largest absolute Gasteiger partial charge is 0.378 e. The van der Waals surface area contributed by atoms with Crippen LogP contribution in [-0.2, 0) is 4.74 Å². The Morgan fingerprint density at radius 1 is 1.31 bits per heavy atom. The van der Waals surface area contributed by atoms with Gasteiger partial charge in [0.05, 0.1) is 6.10 Å².